The molecule has 0 spiro atoms. The lowest BCUT2D eigenvalue weighted by molar-refractivity contribution is -0.121. The molecular weight excluding hydrogens is 164 g/mol. The van der Waals surface area contributed by atoms with Crippen molar-refractivity contribution in [1.29, 1.82) is 0 Å². The Morgan fingerprint density at radius 3 is 2.38 bits per heavy atom. The number of carbonyl (C=O) groups is 1. The average molecular weight is 186 g/mol. The molecule has 13 heavy (non-hydrogen) atoms. The molecule has 0 amide bonds. The fourth-order valence-electron chi connectivity index (χ4n) is 1.28. The Bertz CT molecular complexity index is 132. The van der Waals surface area contributed by atoms with Gasteiger partial charge in [0.1, 0.15) is 5.78 Å². The van der Waals surface area contributed by atoms with Crippen LogP contribution in [-0.2, 0) is 4.79 Å². The van der Waals surface area contributed by atoms with Gasteiger partial charge in [0.05, 0.1) is 6.10 Å². The number of ketones is 1. The van der Waals surface area contributed by atoms with Crippen molar-refractivity contribution in [2.24, 2.45) is 0 Å². The number of hydrogen-bond donors (Lipinski definition) is 1. The minimum Gasteiger partial charge on any atom is -0.393 e. The van der Waals surface area contributed by atoms with E-state index in [-0.39, 0.29) is 5.78 Å². The number of Topliss-reactive ketones (excluding diaryl/α,β-unsaturated/α-hetero) is 1. The van der Waals surface area contributed by atoms with Gasteiger partial charge in [0.25, 0.3) is 0 Å². The first-order chi connectivity index (χ1) is 6.20. The zero-order valence-corrected chi connectivity index (χ0v) is 8.88. The van der Waals surface area contributed by atoms with Gasteiger partial charge in [0, 0.05) is 12.8 Å². The maximum Gasteiger partial charge on any atom is 0.135 e. The van der Waals surface area contributed by atoms with Crippen LogP contribution in [0.5, 0.6) is 0 Å². The molecule has 2 nitrogen and oxygen atoms in total. The van der Waals surface area contributed by atoms with Crippen LogP contribution in [0.2, 0.25) is 0 Å². The van der Waals surface area contributed by atoms with Gasteiger partial charge in [-0.1, -0.05) is 33.1 Å². The van der Waals surface area contributed by atoms with Crippen molar-refractivity contribution in [3.05, 3.63) is 0 Å². The van der Waals surface area contributed by atoms with Crippen LogP contribution in [0, 0.1) is 0 Å². The molecule has 0 unspecified atom stereocenters. The molecule has 0 saturated carbocycles. The number of aliphatic hydroxyl groups is 1. The highest BCUT2D eigenvalue weighted by Crippen LogP contribution is 2.07. The molecule has 0 heterocycles. The van der Waals surface area contributed by atoms with Gasteiger partial charge in [-0.2, -0.15) is 0 Å². The summed E-state index contributed by atoms with van der Waals surface area (Å²) in [5.41, 5.74) is 0. The van der Waals surface area contributed by atoms with Crippen LogP contribution in [-0.4, -0.2) is 17.0 Å². The van der Waals surface area contributed by atoms with Crippen molar-refractivity contribution in [1.82, 2.24) is 0 Å². The predicted molar refractivity (Wildman–Crippen MR) is 54.7 cm³/mol. The third-order valence-electron chi connectivity index (χ3n) is 2.16. The van der Waals surface area contributed by atoms with E-state index in [4.69, 9.17) is 0 Å². The molecule has 0 aliphatic carbocycles. The largest absolute Gasteiger partial charge is 0.393 e. The van der Waals surface area contributed by atoms with E-state index in [1.165, 1.54) is 0 Å². The topological polar surface area (TPSA) is 37.3 Å². The van der Waals surface area contributed by atoms with Gasteiger partial charge in [0.15, 0.2) is 0 Å². The first-order valence-corrected chi connectivity index (χ1v) is 5.40. The number of hydrogen-bond acceptors (Lipinski definition) is 2. The quantitative estimate of drug-likeness (QED) is 0.632. The molecule has 2 heteroatoms. The lowest BCUT2D eigenvalue weighted by atomic mass is 10.0. The van der Waals surface area contributed by atoms with E-state index in [1.54, 1.807) is 0 Å². The summed E-state index contributed by atoms with van der Waals surface area (Å²) in [7, 11) is 0. The summed E-state index contributed by atoms with van der Waals surface area (Å²) >= 11 is 0. The van der Waals surface area contributed by atoms with Crippen LogP contribution in [0.4, 0.5) is 0 Å². The SMILES string of the molecule is CCCCC(=O)C[C@@H](O)CCCC. The summed E-state index contributed by atoms with van der Waals surface area (Å²) < 4.78 is 0. The summed E-state index contributed by atoms with van der Waals surface area (Å²) in [4.78, 5) is 11.2. The van der Waals surface area contributed by atoms with Gasteiger partial charge in [-0.15, -0.1) is 0 Å². The van der Waals surface area contributed by atoms with Gasteiger partial charge >= 0.3 is 0 Å². The van der Waals surface area contributed by atoms with Crippen molar-refractivity contribution < 1.29 is 9.90 Å². The Balaban J connectivity index is 3.41. The summed E-state index contributed by atoms with van der Waals surface area (Å²) in [5, 5.41) is 9.43. The fraction of sp³-hybridized carbons (Fsp3) is 0.909. The molecule has 0 aromatic heterocycles. The number of rotatable bonds is 8. The van der Waals surface area contributed by atoms with E-state index >= 15 is 0 Å². The third kappa shape index (κ3) is 7.97. The molecule has 0 aromatic rings. The second-order valence-electron chi connectivity index (χ2n) is 3.64. The monoisotopic (exact) mass is 186 g/mol. The molecule has 78 valence electrons. The van der Waals surface area contributed by atoms with Gasteiger partial charge in [-0.05, 0) is 12.8 Å². The first kappa shape index (κ1) is 12.6. The predicted octanol–water partition coefficient (Wildman–Crippen LogP) is 2.69. The first-order valence-electron chi connectivity index (χ1n) is 5.40. The van der Waals surface area contributed by atoms with E-state index in [9.17, 15) is 9.90 Å². The van der Waals surface area contributed by atoms with Crippen molar-refractivity contribution in [3.8, 4) is 0 Å². The van der Waals surface area contributed by atoms with Crippen LogP contribution < -0.4 is 0 Å². The van der Waals surface area contributed by atoms with E-state index in [0.717, 1.165) is 32.1 Å². The number of aliphatic hydroxyl groups excluding tert-OH is 1. The van der Waals surface area contributed by atoms with Gasteiger partial charge in [-0.25, -0.2) is 0 Å². The Labute approximate surface area is 81.3 Å². The molecule has 0 aliphatic heterocycles. The van der Waals surface area contributed by atoms with Crippen LogP contribution in [0.25, 0.3) is 0 Å². The standard InChI is InChI=1S/C11H22O2/c1-3-5-7-10(12)9-11(13)8-6-4-2/h10,12H,3-9H2,1-2H3/t10-/m0/s1. The lowest BCUT2D eigenvalue weighted by Crippen LogP contribution is -2.13. The molecular formula is C11H22O2. The van der Waals surface area contributed by atoms with Crippen molar-refractivity contribution in [2.45, 2.75) is 64.9 Å². The smallest absolute Gasteiger partial charge is 0.135 e. The molecule has 0 rings (SSSR count). The zero-order chi connectivity index (χ0) is 10.1. The molecule has 1 atom stereocenters. The minimum atomic E-state index is -0.399. The van der Waals surface area contributed by atoms with Gasteiger partial charge in [-0.3, -0.25) is 4.79 Å². The second-order valence-corrected chi connectivity index (χ2v) is 3.64. The van der Waals surface area contributed by atoms with Crippen LogP contribution in [0.15, 0.2) is 0 Å². The molecule has 0 saturated heterocycles. The van der Waals surface area contributed by atoms with Gasteiger partial charge < -0.3 is 5.11 Å². The summed E-state index contributed by atoms with van der Waals surface area (Å²) in [6.45, 7) is 4.16. The normalized spacial score (nSPS) is 12.8. The highest BCUT2D eigenvalue weighted by atomic mass is 16.3. The highest BCUT2D eigenvalue weighted by molar-refractivity contribution is 5.78. The summed E-state index contributed by atoms with van der Waals surface area (Å²) in [5.74, 6) is 0.213. The van der Waals surface area contributed by atoms with E-state index < -0.39 is 6.10 Å². The number of carbonyl (C=O) groups excluding carboxylic acids is 1. The highest BCUT2D eigenvalue weighted by Gasteiger charge is 2.09. The maximum atomic E-state index is 11.2. The van der Waals surface area contributed by atoms with E-state index in [0.29, 0.717) is 12.8 Å². The van der Waals surface area contributed by atoms with E-state index in [2.05, 4.69) is 13.8 Å². The Morgan fingerprint density at radius 1 is 1.23 bits per heavy atom. The molecule has 0 aliphatic rings. The average Bonchev–Trinajstić information content (AvgIpc) is 2.11. The fourth-order valence-corrected chi connectivity index (χ4v) is 1.28. The Morgan fingerprint density at radius 2 is 1.85 bits per heavy atom. The van der Waals surface area contributed by atoms with Crippen LogP contribution in [0.1, 0.15) is 58.8 Å². The summed E-state index contributed by atoms with van der Waals surface area (Å²) in [6.07, 6.45) is 5.48. The van der Waals surface area contributed by atoms with Crippen LogP contribution in [0.3, 0.4) is 0 Å². The van der Waals surface area contributed by atoms with Crippen molar-refractivity contribution >= 4 is 5.78 Å². The third-order valence-corrected chi connectivity index (χ3v) is 2.16. The van der Waals surface area contributed by atoms with E-state index in [1.807, 2.05) is 0 Å². The molecule has 0 bridgehead atoms. The lowest BCUT2D eigenvalue weighted by Gasteiger charge is -2.08. The maximum absolute atomic E-state index is 11.2. The second kappa shape index (κ2) is 8.24. The van der Waals surface area contributed by atoms with Crippen molar-refractivity contribution in [3.63, 3.8) is 0 Å². The van der Waals surface area contributed by atoms with Gasteiger partial charge in [0.2, 0.25) is 0 Å². The Kier molecular flexibility index (Phi) is 8.00. The van der Waals surface area contributed by atoms with Crippen LogP contribution >= 0.6 is 0 Å². The number of unbranched alkanes of at least 4 members (excludes halogenated alkanes) is 2. The molecule has 0 fully saturated rings. The van der Waals surface area contributed by atoms with Crippen molar-refractivity contribution in [2.75, 3.05) is 0 Å². The summed E-state index contributed by atoms with van der Waals surface area (Å²) in [6, 6.07) is 0. The molecule has 0 radical (unpaired) electrons. The molecule has 1 N–H and O–H groups in total. The molecule has 0 aromatic carbocycles. The Hall–Kier alpha value is -0.370. The minimum absolute atomic E-state index is 0.213. The zero-order valence-electron chi connectivity index (χ0n) is 8.88.